The Kier molecular flexibility index (Phi) is 6.72. The molecule has 1 nitrogen and oxygen atoms in total. The van der Waals surface area contributed by atoms with Crippen LogP contribution in [0.15, 0.2) is 0 Å². The smallest absolute Gasteiger partial charge is 0.134 e. The van der Waals surface area contributed by atoms with E-state index in [0.29, 0.717) is 0 Å². The first-order valence-corrected chi connectivity index (χ1v) is 7.86. The molecule has 19 heavy (non-hydrogen) atoms. The minimum absolute atomic E-state index is 0. The lowest BCUT2D eigenvalue weighted by Gasteiger charge is -2.34. The van der Waals surface area contributed by atoms with Crippen LogP contribution >= 0.6 is 0 Å². The van der Waals surface area contributed by atoms with Gasteiger partial charge in [0.1, 0.15) is 12.3 Å². The minimum atomic E-state index is -1.21. The fourth-order valence-corrected chi connectivity index (χ4v) is 3.74. The number of hydrogen-bond donors (Lipinski definition) is 0. The first-order chi connectivity index (χ1) is 8.58. The zero-order valence-electron chi connectivity index (χ0n) is 12.4. The molecule has 0 aromatic rings. The third kappa shape index (κ3) is 4.40. The van der Waals surface area contributed by atoms with Gasteiger partial charge >= 0.3 is 0 Å². The summed E-state index contributed by atoms with van der Waals surface area (Å²) in [6.45, 7) is 4.17. The summed E-state index contributed by atoms with van der Waals surface area (Å²) in [5.41, 5.74) is 0. The molecule has 116 valence electrons. The van der Waals surface area contributed by atoms with E-state index in [0.717, 1.165) is 37.5 Å². The van der Waals surface area contributed by atoms with Gasteiger partial charge in [0.25, 0.3) is 0 Å². The summed E-state index contributed by atoms with van der Waals surface area (Å²) >= 11 is 0. The standard InChI is InChI=1S/C16H28F2.H2O.H2/c1-11-3-6-13(7-4-11)8-10-14-9-5-12(2)15(17)16(14)18;;/h11-16H,3-10H2,1-2H3;1H2;1H. The summed E-state index contributed by atoms with van der Waals surface area (Å²) in [5.74, 6) is 1.58. The predicted octanol–water partition coefficient (Wildman–Crippen LogP) is 4.74. The van der Waals surface area contributed by atoms with Gasteiger partial charge in [-0.15, -0.1) is 0 Å². The third-order valence-corrected chi connectivity index (χ3v) is 5.37. The van der Waals surface area contributed by atoms with E-state index in [9.17, 15) is 8.78 Å². The summed E-state index contributed by atoms with van der Waals surface area (Å²) in [4.78, 5) is 0. The molecule has 2 aliphatic carbocycles. The maximum atomic E-state index is 13.9. The maximum Gasteiger partial charge on any atom is 0.134 e. The van der Waals surface area contributed by atoms with Crippen LogP contribution in [0.4, 0.5) is 8.78 Å². The van der Waals surface area contributed by atoms with Crippen molar-refractivity contribution in [1.29, 1.82) is 0 Å². The number of alkyl halides is 2. The summed E-state index contributed by atoms with van der Waals surface area (Å²) in [6.07, 6.45) is 6.66. The van der Waals surface area contributed by atoms with Gasteiger partial charge in [-0.2, -0.15) is 0 Å². The number of rotatable bonds is 3. The highest BCUT2D eigenvalue weighted by Gasteiger charge is 2.37. The van der Waals surface area contributed by atoms with Crippen molar-refractivity contribution in [2.24, 2.45) is 23.7 Å². The van der Waals surface area contributed by atoms with E-state index in [-0.39, 0.29) is 18.7 Å². The van der Waals surface area contributed by atoms with E-state index in [1.165, 1.54) is 25.7 Å². The molecule has 2 aliphatic rings. The quantitative estimate of drug-likeness (QED) is 0.714. The Balaban J connectivity index is 0.00000180. The van der Waals surface area contributed by atoms with Crippen LogP contribution < -0.4 is 0 Å². The van der Waals surface area contributed by atoms with Gasteiger partial charge in [0.05, 0.1) is 0 Å². The van der Waals surface area contributed by atoms with E-state index in [4.69, 9.17) is 0 Å². The highest BCUT2D eigenvalue weighted by Crippen LogP contribution is 2.38. The zero-order valence-corrected chi connectivity index (χ0v) is 12.4. The van der Waals surface area contributed by atoms with Crippen LogP contribution in [0.3, 0.4) is 0 Å². The molecule has 0 bridgehead atoms. The van der Waals surface area contributed by atoms with Gasteiger partial charge in [0.2, 0.25) is 0 Å². The van der Waals surface area contributed by atoms with Crippen LogP contribution in [-0.4, -0.2) is 17.8 Å². The van der Waals surface area contributed by atoms with E-state index >= 15 is 0 Å². The molecule has 0 radical (unpaired) electrons. The fraction of sp³-hybridized carbons (Fsp3) is 1.00. The van der Waals surface area contributed by atoms with Crippen LogP contribution in [0.1, 0.15) is 66.6 Å². The lowest BCUT2D eigenvalue weighted by molar-refractivity contribution is 0.0230. The molecule has 0 amide bonds. The SMILES string of the molecule is CC1CCC(CCC2CCC(C)C(F)C2F)CC1.O.[HH]. The van der Waals surface area contributed by atoms with Crippen LogP contribution in [0.25, 0.3) is 0 Å². The van der Waals surface area contributed by atoms with Crippen LogP contribution in [-0.2, 0) is 0 Å². The van der Waals surface area contributed by atoms with E-state index < -0.39 is 12.3 Å². The second-order valence-corrected chi connectivity index (χ2v) is 6.91. The zero-order chi connectivity index (χ0) is 13.1. The van der Waals surface area contributed by atoms with Crippen molar-refractivity contribution < 1.29 is 15.7 Å². The van der Waals surface area contributed by atoms with Crippen molar-refractivity contribution in [3.05, 3.63) is 0 Å². The van der Waals surface area contributed by atoms with Crippen LogP contribution in [0.2, 0.25) is 0 Å². The Hall–Kier alpha value is -0.180. The highest BCUT2D eigenvalue weighted by atomic mass is 19.2. The maximum absolute atomic E-state index is 13.9. The van der Waals surface area contributed by atoms with Gasteiger partial charge < -0.3 is 5.48 Å². The molecule has 0 aromatic heterocycles. The Labute approximate surface area is 117 Å². The molecule has 3 heteroatoms. The lowest BCUT2D eigenvalue weighted by atomic mass is 9.75. The molecule has 0 spiro atoms. The van der Waals surface area contributed by atoms with Crippen molar-refractivity contribution >= 4 is 0 Å². The highest BCUT2D eigenvalue weighted by molar-refractivity contribution is 4.86. The third-order valence-electron chi connectivity index (χ3n) is 5.37. The lowest BCUT2D eigenvalue weighted by Crippen LogP contribution is -2.37. The minimum Gasteiger partial charge on any atom is -0.412 e. The monoisotopic (exact) mass is 278 g/mol. The Morgan fingerprint density at radius 1 is 0.842 bits per heavy atom. The predicted molar refractivity (Wildman–Crippen MR) is 77.8 cm³/mol. The molecule has 4 unspecified atom stereocenters. The Morgan fingerprint density at radius 3 is 2.11 bits per heavy atom. The van der Waals surface area contributed by atoms with Crippen molar-refractivity contribution in [3.63, 3.8) is 0 Å². The van der Waals surface area contributed by atoms with Gasteiger partial charge in [-0.3, -0.25) is 0 Å². The van der Waals surface area contributed by atoms with Crippen LogP contribution in [0, 0.1) is 23.7 Å². The normalized spacial score (nSPS) is 43.6. The molecule has 2 saturated carbocycles. The molecule has 2 rings (SSSR count). The average molecular weight is 278 g/mol. The second kappa shape index (κ2) is 7.56. The molecule has 4 atom stereocenters. The van der Waals surface area contributed by atoms with Crippen molar-refractivity contribution in [2.45, 2.75) is 77.6 Å². The van der Waals surface area contributed by atoms with Crippen molar-refractivity contribution in [2.75, 3.05) is 0 Å². The van der Waals surface area contributed by atoms with Crippen molar-refractivity contribution in [1.82, 2.24) is 0 Å². The van der Waals surface area contributed by atoms with Crippen molar-refractivity contribution in [3.8, 4) is 0 Å². The van der Waals surface area contributed by atoms with E-state index in [2.05, 4.69) is 6.92 Å². The fourth-order valence-electron chi connectivity index (χ4n) is 3.74. The molecule has 0 aliphatic heterocycles. The molecule has 0 saturated heterocycles. The van der Waals surface area contributed by atoms with E-state index in [1.54, 1.807) is 0 Å². The van der Waals surface area contributed by atoms with Gasteiger partial charge in [0, 0.05) is 1.43 Å². The molecule has 2 N–H and O–H groups in total. The second-order valence-electron chi connectivity index (χ2n) is 6.91. The van der Waals surface area contributed by atoms with Gasteiger partial charge in [-0.1, -0.05) is 46.0 Å². The Morgan fingerprint density at radius 2 is 1.47 bits per heavy atom. The van der Waals surface area contributed by atoms with Crippen LogP contribution in [0.5, 0.6) is 0 Å². The number of halogens is 2. The Bertz CT molecular complexity index is 257. The van der Waals surface area contributed by atoms with E-state index in [1.807, 2.05) is 6.92 Å². The molecular formula is C16H32F2O. The summed E-state index contributed by atoms with van der Waals surface area (Å²) in [6, 6.07) is 0. The molecule has 2 fully saturated rings. The largest absolute Gasteiger partial charge is 0.412 e. The molecular weight excluding hydrogens is 246 g/mol. The van der Waals surface area contributed by atoms with Gasteiger partial charge in [0.15, 0.2) is 0 Å². The summed E-state index contributed by atoms with van der Waals surface area (Å²) < 4.78 is 27.6. The number of hydrogen-bond acceptors (Lipinski definition) is 0. The van der Waals surface area contributed by atoms with Gasteiger partial charge in [-0.25, -0.2) is 8.78 Å². The first-order valence-electron chi connectivity index (χ1n) is 7.86. The first kappa shape index (κ1) is 16.9. The molecule has 0 heterocycles. The van der Waals surface area contributed by atoms with Gasteiger partial charge in [-0.05, 0) is 42.9 Å². The summed E-state index contributed by atoms with van der Waals surface area (Å²) in [7, 11) is 0. The molecule has 0 aromatic carbocycles. The average Bonchev–Trinajstić information content (AvgIpc) is 2.37. The summed E-state index contributed by atoms with van der Waals surface area (Å²) in [5, 5.41) is 0. The topological polar surface area (TPSA) is 31.5 Å².